The normalized spacial score (nSPS) is 18.8. The lowest BCUT2D eigenvalue weighted by Crippen LogP contribution is -2.45. The van der Waals surface area contributed by atoms with E-state index >= 15 is 0 Å². The summed E-state index contributed by atoms with van der Waals surface area (Å²) < 4.78 is 26.8. The smallest absolute Gasteiger partial charge is 0.236 e. The molecule has 0 N–H and O–H groups in total. The second-order valence-electron chi connectivity index (χ2n) is 8.06. The minimum Gasteiger partial charge on any atom is -0.338 e. The van der Waals surface area contributed by atoms with Gasteiger partial charge in [-0.1, -0.05) is 66.7 Å². The van der Waals surface area contributed by atoms with E-state index in [2.05, 4.69) is 18.2 Å². The van der Waals surface area contributed by atoms with Crippen molar-refractivity contribution >= 4 is 27.6 Å². The topological polar surface area (TPSA) is 57.7 Å². The Morgan fingerprint density at radius 1 is 0.903 bits per heavy atom. The molecule has 31 heavy (non-hydrogen) atoms. The Hall–Kier alpha value is -2.70. The lowest BCUT2D eigenvalue weighted by atomic mass is 9.94. The SMILES string of the molecule is O=C(C1CCN(S(=O)(=O)C=Cc2ccccc2)CC1)N1CC=C(c2ccccc2)CC1. The number of sulfonamides is 1. The minimum absolute atomic E-state index is 0.101. The Morgan fingerprint density at radius 3 is 2.16 bits per heavy atom. The highest BCUT2D eigenvalue weighted by molar-refractivity contribution is 7.92. The molecule has 0 spiro atoms. The molecule has 1 saturated heterocycles. The largest absolute Gasteiger partial charge is 0.338 e. The number of benzene rings is 2. The van der Waals surface area contributed by atoms with Gasteiger partial charge in [-0.3, -0.25) is 4.79 Å². The highest BCUT2D eigenvalue weighted by Crippen LogP contribution is 2.26. The molecule has 162 valence electrons. The summed E-state index contributed by atoms with van der Waals surface area (Å²) in [5, 5.41) is 1.27. The number of hydrogen-bond acceptors (Lipinski definition) is 3. The standard InChI is InChI=1S/C25H28N2O3S/c28-25(26-16-11-23(12-17-26)22-9-5-2-6-10-22)24-13-18-27(19-14-24)31(29,30)20-15-21-7-3-1-4-8-21/h1-11,15,20,24H,12-14,16-19H2. The quantitative estimate of drug-likeness (QED) is 0.712. The van der Waals surface area contributed by atoms with Crippen molar-refractivity contribution in [3.63, 3.8) is 0 Å². The molecule has 0 atom stereocenters. The zero-order valence-electron chi connectivity index (χ0n) is 17.6. The van der Waals surface area contributed by atoms with Crippen LogP contribution >= 0.6 is 0 Å². The number of piperidine rings is 1. The minimum atomic E-state index is -3.48. The van der Waals surface area contributed by atoms with Crippen LogP contribution in [-0.2, 0) is 14.8 Å². The molecule has 2 aromatic carbocycles. The Labute approximate surface area is 184 Å². The van der Waals surface area contributed by atoms with Gasteiger partial charge in [-0.2, -0.15) is 4.31 Å². The second kappa shape index (κ2) is 9.62. The molecule has 0 bridgehead atoms. The van der Waals surface area contributed by atoms with E-state index in [1.54, 1.807) is 6.08 Å². The highest BCUT2D eigenvalue weighted by atomic mass is 32.2. The van der Waals surface area contributed by atoms with Gasteiger partial charge in [-0.15, -0.1) is 0 Å². The number of nitrogens with zero attached hydrogens (tertiary/aromatic N) is 2. The number of amides is 1. The first-order valence-corrected chi connectivity index (χ1v) is 12.3. The van der Waals surface area contributed by atoms with Crippen LogP contribution in [0.2, 0.25) is 0 Å². The van der Waals surface area contributed by atoms with Crippen LogP contribution in [0.5, 0.6) is 0 Å². The molecular formula is C25H28N2O3S. The molecule has 0 unspecified atom stereocenters. The van der Waals surface area contributed by atoms with Crippen LogP contribution < -0.4 is 0 Å². The van der Waals surface area contributed by atoms with Gasteiger partial charge in [0.1, 0.15) is 0 Å². The van der Waals surface area contributed by atoms with Gasteiger partial charge in [-0.05, 0) is 42.0 Å². The van der Waals surface area contributed by atoms with Crippen molar-refractivity contribution in [3.05, 3.63) is 83.3 Å². The molecule has 0 saturated carbocycles. The molecule has 0 radical (unpaired) electrons. The molecule has 2 aliphatic heterocycles. The molecule has 5 nitrogen and oxygen atoms in total. The predicted octanol–water partition coefficient (Wildman–Crippen LogP) is 4.02. The van der Waals surface area contributed by atoms with Gasteiger partial charge in [0.15, 0.2) is 0 Å². The molecular weight excluding hydrogens is 408 g/mol. The van der Waals surface area contributed by atoms with Crippen molar-refractivity contribution in [1.82, 2.24) is 9.21 Å². The van der Waals surface area contributed by atoms with Crippen molar-refractivity contribution in [2.75, 3.05) is 26.2 Å². The summed E-state index contributed by atoms with van der Waals surface area (Å²) in [6, 6.07) is 19.7. The van der Waals surface area contributed by atoms with Gasteiger partial charge in [0.05, 0.1) is 0 Å². The number of carbonyl (C=O) groups excluding carboxylic acids is 1. The maximum Gasteiger partial charge on any atom is 0.236 e. The maximum absolute atomic E-state index is 13.0. The zero-order chi connectivity index (χ0) is 21.7. The highest BCUT2D eigenvalue weighted by Gasteiger charge is 2.32. The summed E-state index contributed by atoms with van der Waals surface area (Å²) in [7, 11) is -3.48. The van der Waals surface area contributed by atoms with Crippen molar-refractivity contribution in [2.24, 2.45) is 5.92 Å². The van der Waals surface area contributed by atoms with E-state index in [1.165, 1.54) is 20.8 Å². The lowest BCUT2D eigenvalue weighted by molar-refractivity contribution is -0.136. The van der Waals surface area contributed by atoms with Gasteiger partial charge < -0.3 is 4.90 Å². The summed E-state index contributed by atoms with van der Waals surface area (Å²) >= 11 is 0. The molecule has 1 fully saturated rings. The fourth-order valence-corrected chi connectivity index (χ4v) is 5.43. The first kappa shape index (κ1) is 21.5. The van der Waals surface area contributed by atoms with E-state index in [-0.39, 0.29) is 11.8 Å². The first-order valence-electron chi connectivity index (χ1n) is 10.8. The third-order valence-electron chi connectivity index (χ3n) is 6.06. The van der Waals surface area contributed by atoms with Crippen molar-refractivity contribution in [3.8, 4) is 0 Å². The van der Waals surface area contributed by atoms with Crippen LogP contribution in [0, 0.1) is 5.92 Å². The van der Waals surface area contributed by atoms with Crippen LogP contribution in [0.3, 0.4) is 0 Å². The lowest BCUT2D eigenvalue weighted by Gasteiger charge is -2.34. The Kier molecular flexibility index (Phi) is 6.68. The van der Waals surface area contributed by atoms with E-state index in [0.717, 1.165) is 18.5 Å². The molecule has 0 aliphatic carbocycles. The van der Waals surface area contributed by atoms with Crippen LogP contribution in [0.25, 0.3) is 11.6 Å². The van der Waals surface area contributed by atoms with Gasteiger partial charge >= 0.3 is 0 Å². The Morgan fingerprint density at radius 2 is 1.55 bits per heavy atom. The number of rotatable bonds is 5. The summed E-state index contributed by atoms with van der Waals surface area (Å²) in [6.07, 6.45) is 5.76. The van der Waals surface area contributed by atoms with E-state index in [4.69, 9.17) is 0 Å². The van der Waals surface area contributed by atoms with Crippen LogP contribution in [-0.4, -0.2) is 49.7 Å². The van der Waals surface area contributed by atoms with Crippen molar-refractivity contribution < 1.29 is 13.2 Å². The summed E-state index contributed by atoms with van der Waals surface area (Å²) in [6.45, 7) is 2.12. The van der Waals surface area contributed by atoms with Crippen LogP contribution in [0.1, 0.15) is 30.4 Å². The second-order valence-corrected chi connectivity index (χ2v) is 9.88. The average Bonchev–Trinajstić information content (AvgIpc) is 2.84. The van der Waals surface area contributed by atoms with Crippen LogP contribution in [0.15, 0.2) is 72.1 Å². The van der Waals surface area contributed by atoms with Gasteiger partial charge in [-0.25, -0.2) is 8.42 Å². The summed E-state index contributed by atoms with van der Waals surface area (Å²) in [4.78, 5) is 14.9. The third-order valence-corrected chi connectivity index (χ3v) is 7.63. The zero-order valence-corrected chi connectivity index (χ0v) is 18.4. The fraction of sp³-hybridized carbons (Fsp3) is 0.320. The monoisotopic (exact) mass is 436 g/mol. The summed E-state index contributed by atoms with van der Waals surface area (Å²) in [5.74, 6) is 0.0523. The first-order chi connectivity index (χ1) is 15.0. The van der Waals surface area contributed by atoms with E-state index in [9.17, 15) is 13.2 Å². The van der Waals surface area contributed by atoms with Crippen molar-refractivity contribution in [2.45, 2.75) is 19.3 Å². The molecule has 4 rings (SSSR count). The molecule has 2 aliphatic rings. The van der Waals surface area contributed by atoms with Gasteiger partial charge in [0.25, 0.3) is 0 Å². The number of carbonyl (C=O) groups is 1. The van der Waals surface area contributed by atoms with Gasteiger partial charge in [0, 0.05) is 37.5 Å². The van der Waals surface area contributed by atoms with Crippen molar-refractivity contribution in [1.29, 1.82) is 0 Å². The van der Waals surface area contributed by atoms with E-state index in [0.29, 0.717) is 32.5 Å². The number of hydrogen-bond donors (Lipinski definition) is 0. The molecule has 6 heteroatoms. The Balaban J connectivity index is 1.31. The third kappa shape index (κ3) is 5.32. The summed E-state index contributed by atoms with van der Waals surface area (Å²) in [5.41, 5.74) is 3.36. The van der Waals surface area contributed by atoms with E-state index in [1.807, 2.05) is 53.4 Å². The Bertz CT molecular complexity index is 1050. The molecule has 1 amide bonds. The molecule has 2 aromatic rings. The predicted molar refractivity (Wildman–Crippen MR) is 124 cm³/mol. The van der Waals surface area contributed by atoms with Gasteiger partial charge in [0.2, 0.25) is 15.9 Å². The molecule has 2 heterocycles. The maximum atomic E-state index is 13.0. The van der Waals surface area contributed by atoms with E-state index < -0.39 is 10.0 Å². The average molecular weight is 437 g/mol. The van der Waals surface area contributed by atoms with Crippen LogP contribution in [0.4, 0.5) is 0 Å². The molecule has 0 aromatic heterocycles. The fourth-order valence-electron chi connectivity index (χ4n) is 4.21.